The lowest BCUT2D eigenvalue weighted by atomic mass is 10.0. The summed E-state index contributed by atoms with van der Waals surface area (Å²) in [6.07, 6.45) is 4.07. The van der Waals surface area contributed by atoms with Crippen molar-refractivity contribution in [3.8, 4) is 11.5 Å². The summed E-state index contributed by atoms with van der Waals surface area (Å²) in [6, 6.07) is 5.89. The molecule has 1 unspecified atom stereocenters. The molecular weight excluding hydrogens is 280 g/mol. The molecule has 0 spiro atoms. The molecule has 1 aliphatic heterocycles. The van der Waals surface area contributed by atoms with E-state index in [0.29, 0.717) is 0 Å². The van der Waals surface area contributed by atoms with E-state index in [1.165, 1.54) is 0 Å². The number of methoxy groups -OCH3 is 2. The molecule has 0 bridgehead atoms. The Labute approximate surface area is 132 Å². The Morgan fingerprint density at radius 2 is 2.18 bits per heavy atom. The van der Waals surface area contributed by atoms with Crippen molar-refractivity contribution in [1.29, 1.82) is 0 Å². The van der Waals surface area contributed by atoms with Crippen LogP contribution in [0.25, 0.3) is 0 Å². The van der Waals surface area contributed by atoms with Crippen molar-refractivity contribution >= 4 is 6.03 Å². The first-order chi connectivity index (χ1) is 10.7. The summed E-state index contributed by atoms with van der Waals surface area (Å²) in [5, 5.41) is 3.01. The third-order valence-corrected chi connectivity index (χ3v) is 4.12. The van der Waals surface area contributed by atoms with Gasteiger partial charge in [0.15, 0.2) is 0 Å². The summed E-state index contributed by atoms with van der Waals surface area (Å²) in [5.74, 6) is 1.54. The number of benzene rings is 1. The second kappa shape index (κ2) is 7.92. The van der Waals surface area contributed by atoms with Crippen LogP contribution in [0.1, 0.15) is 44.2 Å². The van der Waals surface area contributed by atoms with E-state index in [1.54, 1.807) is 14.2 Å². The molecule has 1 aromatic rings. The van der Waals surface area contributed by atoms with Crippen LogP contribution in [0.2, 0.25) is 0 Å². The lowest BCUT2D eigenvalue weighted by Crippen LogP contribution is -2.39. The maximum atomic E-state index is 12.4. The number of carbonyl (C=O) groups excluding carboxylic acids is 1. The minimum Gasteiger partial charge on any atom is -0.497 e. The molecule has 1 saturated heterocycles. The van der Waals surface area contributed by atoms with E-state index in [9.17, 15) is 4.79 Å². The molecule has 2 rings (SSSR count). The van der Waals surface area contributed by atoms with Gasteiger partial charge >= 0.3 is 6.03 Å². The molecule has 0 aromatic heterocycles. The van der Waals surface area contributed by atoms with Crippen LogP contribution in [0.15, 0.2) is 18.2 Å². The highest BCUT2D eigenvalue weighted by atomic mass is 16.5. The predicted octanol–water partition coefficient (Wildman–Crippen LogP) is 3.35. The quantitative estimate of drug-likeness (QED) is 0.820. The minimum absolute atomic E-state index is 0.0221. The van der Waals surface area contributed by atoms with E-state index in [1.807, 2.05) is 23.1 Å². The molecule has 1 aromatic carbocycles. The first-order valence-corrected chi connectivity index (χ1v) is 7.97. The highest BCUT2D eigenvalue weighted by Crippen LogP contribution is 2.38. The average Bonchev–Trinajstić information content (AvgIpc) is 3.03. The Kier molecular flexibility index (Phi) is 5.92. The van der Waals surface area contributed by atoms with Gasteiger partial charge in [-0.15, -0.1) is 0 Å². The number of carbonyl (C=O) groups is 1. The van der Waals surface area contributed by atoms with Crippen molar-refractivity contribution in [1.82, 2.24) is 10.2 Å². The van der Waals surface area contributed by atoms with Gasteiger partial charge in [-0.3, -0.25) is 0 Å². The minimum atomic E-state index is 0.0221. The molecule has 0 aliphatic carbocycles. The Morgan fingerprint density at radius 3 is 2.86 bits per heavy atom. The maximum Gasteiger partial charge on any atom is 0.317 e. The molecule has 1 fully saturated rings. The summed E-state index contributed by atoms with van der Waals surface area (Å²) in [6.45, 7) is 3.64. The zero-order valence-corrected chi connectivity index (χ0v) is 13.7. The summed E-state index contributed by atoms with van der Waals surface area (Å²) >= 11 is 0. The maximum absolute atomic E-state index is 12.4. The van der Waals surface area contributed by atoms with Gasteiger partial charge in [0.25, 0.3) is 0 Å². The summed E-state index contributed by atoms with van der Waals surface area (Å²) in [7, 11) is 3.29. The lowest BCUT2D eigenvalue weighted by Gasteiger charge is -2.26. The molecule has 22 heavy (non-hydrogen) atoms. The van der Waals surface area contributed by atoms with Crippen LogP contribution in [-0.4, -0.2) is 38.2 Å². The highest BCUT2D eigenvalue weighted by Gasteiger charge is 2.31. The molecule has 1 atom stereocenters. The van der Waals surface area contributed by atoms with Gasteiger partial charge in [-0.05, 0) is 31.4 Å². The van der Waals surface area contributed by atoms with Crippen LogP contribution in [0.3, 0.4) is 0 Å². The average molecular weight is 306 g/mol. The number of unbranched alkanes of at least 4 members (excludes halogenated alkanes) is 1. The largest absolute Gasteiger partial charge is 0.497 e. The van der Waals surface area contributed by atoms with Crippen molar-refractivity contribution < 1.29 is 14.3 Å². The molecule has 1 heterocycles. The third-order valence-electron chi connectivity index (χ3n) is 4.12. The van der Waals surface area contributed by atoms with E-state index in [0.717, 1.165) is 55.8 Å². The summed E-state index contributed by atoms with van der Waals surface area (Å²) in [4.78, 5) is 14.3. The van der Waals surface area contributed by atoms with Crippen LogP contribution in [0.5, 0.6) is 11.5 Å². The zero-order valence-electron chi connectivity index (χ0n) is 13.7. The third kappa shape index (κ3) is 3.64. The number of likely N-dealkylation sites (tertiary alicyclic amines) is 1. The number of rotatable bonds is 6. The van der Waals surface area contributed by atoms with Gasteiger partial charge in [0.1, 0.15) is 11.5 Å². The van der Waals surface area contributed by atoms with Crippen molar-refractivity contribution in [3.05, 3.63) is 23.8 Å². The molecule has 122 valence electrons. The number of hydrogen-bond donors (Lipinski definition) is 1. The Morgan fingerprint density at radius 1 is 1.36 bits per heavy atom. The number of hydrogen-bond acceptors (Lipinski definition) is 3. The molecule has 0 saturated carbocycles. The smallest absolute Gasteiger partial charge is 0.317 e. The molecule has 5 nitrogen and oxygen atoms in total. The van der Waals surface area contributed by atoms with Gasteiger partial charge < -0.3 is 19.7 Å². The second-order valence-electron chi connectivity index (χ2n) is 5.54. The normalized spacial score (nSPS) is 17.4. The van der Waals surface area contributed by atoms with Gasteiger partial charge in [-0.25, -0.2) is 4.79 Å². The van der Waals surface area contributed by atoms with Gasteiger partial charge in [0.05, 0.1) is 20.3 Å². The van der Waals surface area contributed by atoms with Gasteiger partial charge in [-0.1, -0.05) is 13.3 Å². The topological polar surface area (TPSA) is 50.8 Å². The number of nitrogens with zero attached hydrogens (tertiary/aromatic N) is 1. The first kappa shape index (κ1) is 16.5. The Bertz CT molecular complexity index is 505. The summed E-state index contributed by atoms with van der Waals surface area (Å²) < 4.78 is 10.7. The lowest BCUT2D eigenvalue weighted by molar-refractivity contribution is 0.192. The van der Waals surface area contributed by atoms with E-state index in [-0.39, 0.29) is 12.1 Å². The van der Waals surface area contributed by atoms with Gasteiger partial charge in [0, 0.05) is 24.7 Å². The Hall–Kier alpha value is -1.91. The fourth-order valence-electron chi connectivity index (χ4n) is 2.90. The molecule has 0 radical (unpaired) electrons. The molecule has 1 N–H and O–H groups in total. The second-order valence-corrected chi connectivity index (χ2v) is 5.54. The van der Waals surface area contributed by atoms with E-state index < -0.39 is 0 Å². The van der Waals surface area contributed by atoms with Crippen LogP contribution in [0.4, 0.5) is 4.79 Å². The van der Waals surface area contributed by atoms with Crippen LogP contribution >= 0.6 is 0 Å². The monoisotopic (exact) mass is 306 g/mol. The SMILES string of the molecule is CCCCNC(=O)N1CCCC1c1ccc(OC)cc1OC. The number of urea groups is 1. The fraction of sp³-hybridized carbons (Fsp3) is 0.588. The van der Waals surface area contributed by atoms with Crippen molar-refractivity contribution in [2.75, 3.05) is 27.3 Å². The molecule has 2 amide bonds. The molecule has 1 aliphatic rings. The van der Waals surface area contributed by atoms with Gasteiger partial charge in [0.2, 0.25) is 0 Å². The highest BCUT2D eigenvalue weighted by molar-refractivity contribution is 5.75. The predicted molar refractivity (Wildman–Crippen MR) is 86.5 cm³/mol. The molecular formula is C17H26N2O3. The van der Waals surface area contributed by atoms with Gasteiger partial charge in [-0.2, -0.15) is 0 Å². The van der Waals surface area contributed by atoms with Crippen LogP contribution in [-0.2, 0) is 0 Å². The summed E-state index contributed by atoms with van der Waals surface area (Å²) in [5.41, 5.74) is 1.05. The van der Waals surface area contributed by atoms with Crippen molar-refractivity contribution in [3.63, 3.8) is 0 Å². The van der Waals surface area contributed by atoms with Crippen molar-refractivity contribution in [2.24, 2.45) is 0 Å². The number of ether oxygens (including phenoxy) is 2. The number of amides is 2. The van der Waals surface area contributed by atoms with E-state index >= 15 is 0 Å². The van der Waals surface area contributed by atoms with E-state index in [2.05, 4.69) is 12.2 Å². The van der Waals surface area contributed by atoms with Crippen LogP contribution < -0.4 is 14.8 Å². The van der Waals surface area contributed by atoms with Crippen molar-refractivity contribution in [2.45, 2.75) is 38.6 Å². The van der Waals surface area contributed by atoms with E-state index in [4.69, 9.17) is 9.47 Å². The Balaban J connectivity index is 2.14. The van der Waals surface area contributed by atoms with Crippen LogP contribution in [0, 0.1) is 0 Å². The fourth-order valence-corrected chi connectivity index (χ4v) is 2.90. The molecule has 5 heteroatoms. The number of nitrogens with one attached hydrogen (secondary N) is 1. The standard InChI is InChI=1S/C17H26N2O3/c1-4-5-10-18-17(20)19-11-6-7-15(19)14-9-8-13(21-2)12-16(14)22-3/h8-9,12,15H,4-7,10-11H2,1-3H3,(H,18,20). The zero-order chi connectivity index (χ0) is 15.9. The first-order valence-electron chi connectivity index (χ1n) is 7.97.